The second-order valence-electron chi connectivity index (χ2n) is 18.5. The van der Waals surface area contributed by atoms with Crippen molar-refractivity contribution in [3.63, 3.8) is 0 Å². The van der Waals surface area contributed by atoms with Crippen molar-refractivity contribution in [3.8, 4) is 0 Å². The van der Waals surface area contributed by atoms with Gasteiger partial charge >= 0.3 is 19.8 Å². The lowest BCUT2D eigenvalue weighted by Gasteiger charge is -2.19. The van der Waals surface area contributed by atoms with Gasteiger partial charge in [-0.3, -0.25) is 18.6 Å². The van der Waals surface area contributed by atoms with Crippen LogP contribution in [0.25, 0.3) is 0 Å². The molecule has 3 N–H and O–H groups in total. The quantitative estimate of drug-likeness (QED) is 0.0265. The molecule has 0 rings (SSSR count). The van der Waals surface area contributed by atoms with Gasteiger partial charge in [-0.2, -0.15) is 0 Å². The maximum Gasteiger partial charge on any atom is 0.472 e. The van der Waals surface area contributed by atoms with Gasteiger partial charge in [0.2, 0.25) is 0 Å². The second-order valence-corrected chi connectivity index (χ2v) is 19.9. The van der Waals surface area contributed by atoms with Crippen LogP contribution >= 0.6 is 7.82 Å². The lowest BCUT2D eigenvalue weighted by Crippen LogP contribution is -2.29. The fraction of sp³-hybridized carbons (Fsp3) is 0.889. The van der Waals surface area contributed by atoms with E-state index in [0.717, 1.165) is 38.5 Å². The number of unbranched alkanes of at least 4 members (excludes halogenated alkanes) is 35. The van der Waals surface area contributed by atoms with E-state index in [9.17, 15) is 19.0 Å². The van der Waals surface area contributed by atoms with Crippen LogP contribution in [0.1, 0.15) is 277 Å². The first kappa shape index (κ1) is 62.5. The lowest BCUT2D eigenvalue weighted by molar-refractivity contribution is -0.161. The average Bonchev–Trinajstić information content (AvgIpc) is 3.28. The number of hydrogen-bond acceptors (Lipinski definition) is 8. The van der Waals surface area contributed by atoms with Crippen LogP contribution in [0, 0.1) is 0 Å². The highest BCUT2D eigenvalue weighted by atomic mass is 31.2. The molecule has 0 bridgehead atoms. The van der Waals surface area contributed by atoms with E-state index in [0.29, 0.717) is 6.42 Å². The highest BCUT2D eigenvalue weighted by Crippen LogP contribution is 2.43. The van der Waals surface area contributed by atoms with E-state index in [4.69, 9.17) is 24.3 Å². The van der Waals surface area contributed by atoms with Crippen LogP contribution in [0.15, 0.2) is 24.3 Å². The van der Waals surface area contributed by atoms with Crippen LogP contribution in [0.2, 0.25) is 0 Å². The summed E-state index contributed by atoms with van der Waals surface area (Å²) < 4.78 is 32.9. The minimum atomic E-state index is -4.38. The minimum absolute atomic E-state index is 0.0563. The SMILES string of the molecule is CCCCCCC/C=C\C/C=C\CCCCCCCCCCCCCCCCCCCC(=O)OC(COC(=O)CCCCCCCCCCCCCCCC)COP(=O)(O)OCCN. The Balaban J connectivity index is 3.90. The number of phosphoric acid groups is 1. The van der Waals surface area contributed by atoms with Gasteiger partial charge in [-0.05, 0) is 44.9 Å². The number of esters is 2. The highest BCUT2D eigenvalue weighted by molar-refractivity contribution is 7.47. The standard InChI is InChI=1S/C54H104NO8P/c1-3-5-7-9-11-13-15-17-19-20-21-22-23-24-25-26-27-28-29-30-31-32-33-35-37-39-41-43-45-47-54(57)63-52(51-62-64(58,59)61-49-48-55)50-60-53(56)46-44-42-40-38-36-34-18-16-14-12-10-8-6-4-2/h15,17,20-21,52H,3-14,16,18-19,22-51,55H2,1-2H3,(H,58,59)/b17-15-,21-20-. The molecule has 2 unspecified atom stereocenters. The topological polar surface area (TPSA) is 134 Å². The molecular formula is C54H104NO8P. The number of hydrogen-bond donors (Lipinski definition) is 2. The number of ether oxygens (including phenoxy) is 2. The molecule has 0 aliphatic heterocycles. The first-order valence-electron chi connectivity index (χ1n) is 27.3. The third-order valence-corrected chi connectivity index (χ3v) is 13.1. The Labute approximate surface area is 395 Å². The van der Waals surface area contributed by atoms with Crippen LogP contribution in [0.3, 0.4) is 0 Å². The van der Waals surface area contributed by atoms with Crippen molar-refractivity contribution >= 4 is 19.8 Å². The summed E-state index contributed by atoms with van der Waals surface area (Å²) in [4.78, 5) is 35.0. The first-order valence-corrected chi connectivity index (χ1v) is 28.8. The van der Waals surface area contributed by atoms with Crippen LogP contribution in [-0.2, 0) is 32.7 Å². The lowest BCUT2D eigenvalue weighted by atomic mass is 10.0. The molecule has 0 aliphatic carbocycles. The molecule has 0 heterocycles. The summed E-state index contributed by atoms with van der Waals surface area (Å²) in [7, 11) is -4.38. The number of carbonyl (C=O) groups is 2. The molecule has 0 fully saturated rings. The van der Waals surface area contributed by atoms with Gasteiger partial charge in [-0.15, -0.1) is 0 Å². The fourth-order valence-electron chi connectivity index (χ4n) is 8.02. The zero-order chi connectivity index (χ0) is 46.7. The molecule has 9 nitrogen and oxygen atoms in total. The number of allylic oxidation sites excluding steroid dienone is 4. The molecule has 2 atom stereocenters. The van der Waals surface area contributed by atoms with Gasteiger partial charge in [-0.25, -0.2) is 4.57 Å². The summed E-state index contributed by atoms with van der Waals surface area (Å²) in [5, 5.41) is 0. The first-order chi connectivity index (χ1) is 31.3. The van der Waals surface area contributed by atoms with Crippen molar-refractivity contribution < 1.29 is 37.6 Å². The predicted molar refractivity (Wildman–Crippen MR) is 271 cm³/mol. The normalized spacial score (nSPS) is 13.2. The van der Waals surface area contributed by atoms with Gasteiger partial charge in [0.25, 0.3) is 0 Å². The molecule has 0 saturated heterocycles. The van der Waals surface area contributed by atoms with E-state index < -0.39 is 26.5 Å². The smallest absolute Gasteiger partial charge is 0.462 e. The molecule has 0 spiro atoms. The molecular weight excluding hydrogens is 822 g/mol. The monoisotopic (exact) mass is 926 g/mol. The third-order valence-electron chi connectivity index (χ3n) is 12.1. The van der Waals surface area contributed by atoms with Gasteiger partial charge in [-0.1, -0.05) is 244 Å². The number of carbonyl (C=O) groups excluding carboxylic acids is 2. The van der Waals surface area contributed by atoms with Gasteiger partial charge < -0.3 is 20.1 Å². The van der Waals surface area contributed by atoms with Crippen molar-refractivity contribution in [1.29, 1.82) is 0 Å². The summed E-state index contributed by atoms with van der Waals surface area (Å²) in [5.74, 6) is -0.812. The van der Waals surface area contributed by atoms with E-state index in [2.05, 4.69) is 38.2 Å². The summed E-state index contributed by atoms with van der Waals surface area (Å²) in [6.07, 6.45) is 58.0. The Bertz CT molecular complexity index is 1100. The second kappa shape index (κ2) is 50.9. The highest BCUT2D eigenvalue weighted by Gasteiger charge is 2.26. The van der Waals surface area contributed by atoms with E-state index in [-0.39, 0.29) is 38.6 Å². The Morgan fingerprint density at radius 2 is 0.812 bits per heavy atom. The summed E-state index contributed by atoms with van der Waals surface area (Å²) >= 11 is 0. The van der Waals surface area contributed by atoms with Gasteiger partial charge in [0.15, 0.2) is 6.10 Å². The zero-order valence-corrected chi connectivity index (χ0v) is 42.9. The number of nitrogens with two attached hydrogens (primary N) is 1. The van der Waals surface area contributed by atoms with Gasteiger partial charge in [0, 0.05) is 19.4 Å². The minimum Gasteiger partial charge on any atom is -0.462 e. The van der Waals surface area contributed by atoms with Crippen molar-refractivity contribution in [2.24, 2.45) is 5.73 Å². The molecule has 0 saturated carbocycles. The van der Waals surface area contributed by atoms with Crippen molar-refractivity contribution in [3.05, 3.63) is 24.3 Å². The van der Waals surface area contributed by atoms with E-state index in [1.807, 2.05) is 0 Å². The van der Waals surface area contributed by atoms with Crippen molar-refractivity contribution in [1.82, 2.24) is 0 Å². The Morgan fingerprint density at radius 1 is 0.469 bits per heavy atom. The maximum atomic E-state index is 12.7. The maximum absolute atomic E-state index is 12.7. The molecule has 0 aromatic heterocycles. The molecule has 0 aromatic rings. The fourth-order valence-corrected chi connectivity index (χ4v) is 8.79. The molecule has 0 radical (unpaired) electrons. The van der Waals surface area contributed by atoms with Gasteiger partial charge in [0.1, 0.15) is 6.61 Å². The Kier molecular flexibility index (Phi) is 49.7. The molecule has 10 heteroatoms. The van der Waals surface area contributed by atoms with Crippen LogP contribution in [-0.4, -0.2) is 49.3 Å². The molecule has 378 valence electrons. The van der Waals surface area contributed by atoms with Crippen LogP contribution < -0.4 is 5.73 Å². The van der Waals surface area contributed by atoms with E-state index >= 15 is 0 Å². The summed E-state index contributed by atoms with van der Waals surface area (Å²) in [6, 6.07) is 0. The van der Waals surface area contributed by atoms with E-state index in [1.54, 1.807) is 0 Å². The largest absolute Gasteiger partial charge is 0.472 e. The molecule has 0 aliphatic rings. The summed E-state index contributed by atoms with van der Waals surface area (Å²) in [6.45, 7) is 3.77. The molecule has 64 heavy (non-hydrogen) atoms. The number of rotatable bonds is 52. The summed E-state index contributed by atoms with van der Waals surface area (Å²) in [5.41, 5.74) is 5.37. The average molecular weight is 926 g/mol. The van der Waals surface area contributed by atoms with E-state index in [1.165, 1.54) is 205 Å². The van der Waals surface area contributed by atoms with Gasteiger partial charge in [0.05, 0.1) is 13.2 Å². The Hall–Kier alpha value is -1.51. The third kappa shape index (κ3) is 49.9. The number of phosphoric ester groups is 1. The van der Waals surface area contributed by atoms with Crippen molar-refractivity contribution in [2.45, 2.75) is 283 Å². The van der Waals surface area contributed by atoms with Crippen molar-refractivity contribution in [2.75, 3.05) is 26.4 Å². The van der Waals surface area contributed by atoms with Crippen LogP contribution in [0.4, 0.5) is 0 Å². The molecule has 0 aromatic carbocycles. The predicted octanol–water partition coefficient (Wildman–Crippen LogP) is 16.7. The Morgan fingerprint density at radius 3 is 1.19 bits per heavy atom. The van der Waals surface area contributed by atoms with Crippen LogP contribution in [0.5, 0.6) is 0 Å². The zero-order valence-electron chi connectivity index (χ0n) is 42.0. The molecule has 0 amide bonds.